The Hall–Kier alpha value is -1.76. The summed E-state index contributed by atoms with van der Waals surface area (Å²) in [5, 5.41) is 2.32. The molecule has 0 aliphatic rings. The molecule has 7 heteroatoms. The van der Waals surface area contributed by atoms with E-state index in [-0.39, 0.29) is 18.8 Å². The summed E-state index contributed by atoms with van der Waals surface area (Å²) in [5.74, 6) is 0.0347. The highest BCUT2D eigenvalue weighted by atomic mass is 19.4. The Morgan fingerprint density at radius 3 is 2.35 bits per heavy atom. The maximum atomic E-state index is 12.2. The summed E-state index contributed by atoms with van der Waals surface area (Å²) in [6.45, 7) is 0.488. The van der Waals surface area contributed by atoms with Gasteiger partial charge < -0.3 is 15.8 Å². The summed E-state index contributed by atoms with van der Waals surface area (Å²) in [7, 11) is 0. The van der Waals surface area contributed by atoms with Crippen molar-refractivity contribution < 1.29 is 22.7 Å². The molecule has 4 nitrogen and oxygen atoms in total. The van der Waals surface area contributed by atoms with Crippen LogP contribution in [0.4, 0.5) is 18.0 Å². The minimum Gasteiger partial charge on any atom is -0.410 e. The fourth-order valence-corrected chi connectivity index (χ4v) is 1.03. The van der Waals surface area contributed by atoms with Gasteiger partial charge in [-0.05, 0) is 24.3 Å². The molecule has 0 aliphatic heterocycles. The standard InChI is InChI=1S/C10H11F3N2O2/c11-10(12,13)7-1-3-8(4-2-7)17-9(16)15-6-5-14/h1-4H,5-6,14H2,(H,15,16). The van der Waals surface area contributed by atoms with Gasteiger partial charge in [-0.25, -0.2) is 4.79 Å². The Morgan fingerprint density at radius 2 is 1.88 bits per heavy atom. The number of nitrogens with two attached hydrogens (primary N) is 1. The molecule has 17 heavy (non-hydrogen) atoms. The van der Waals surface area contributed by atoms with Gasteiger partial charge in [-0.15, -0.1) is 0 Å². The van der Waals surface area contributed by atoms with Gasteiger partial charge in [0.1, 0.15) is 5.75 Å². The number of hydrogen-bond donors (Lipinski definition) is 2. The molecule has 0 bridgehead atoms. The highest BCUT2D eigenvalue weighted by Gasteiger charge is 2.30. The second-order valence-electron chi connectivity index (χ2n) is 3.13. The average Bonchev–Trinajstić information content (AvgIpc) is 2.26. The molecule has 0 aromatic heterocycles. The number of rotatable bonds is 3. The van der Waals surface area contributed by atoms with Crippen LogP contribution in [0.2, 0.25) is 0 Å². The molecule has 0 spiro atoms. The third-order valence-corrected chi connectivity index (χ3v) is 1.81. The van der Waals surface area contributed by atoms with Gasteiger partial charge in [0.05, 0.1) is 5.56 Å². The molecule has 0 aliphatic carbocycles. The lowest BCUT2D eigenvalue weighted by Crippen LogP contribution is -2.31. The Bertz CT molecular complexity index is 376. The first-order valence-electron chi connectivity index (χ1n) is 4.76. The molecule has 0 fully saturated rings. The monoisotopic (exact) mass is 248 g/mol. The number of ether oxygens (including phenoxy) is 1. The van der Waals surface area contributed by atoms with Crippen molar-refractivity contribution in [2.75, 3.05) is 13.1 Å². The topological polar surface area (TPSA) is 64.3 Å². The van der Waals surface area contributed by atoms with Crippen LogP contribution in [0.3, 0.4) is 0 Å². The van der Waals surface area contributed by atoms with Crippen molar-refractivity contribution in [3.8, 4) is 5.75 Å². The molecule has 0 saturated heterocycles. The van der Waals surface area contributed by atoms with E-state index >= 15 is 0 Å². The second kappa shape index (κ2) is 5.53. The van der Waals surface area contributed by atoms with Crippen LogP contribution in [0.5, 0.6) is 5.75 Å². The van der Waals surface area contributed by atoms with E-state index in [1.54, 1.807) is 0 Å². The van der Waals surface area contributed by atoms with E-state index < -0.39 is 17.8 Å². The van der Waals surface area contributed by atoms with Crippen molar-refractivity contribution in [1.82, 2.24) is 5.32 Å². The summed E-state index contributed by atoms with van der Waals surface area (Å²) in [4.78, 5) is 11.0. The van der Waals surface area contributed by atoms with E-state index in [2.05, 4.69) is 5.32 Å². The fourth-order valence-electron chi connectivity index (χ4n) is 1.03. The first-order valence-corrected chi connectivity index (χ1v) is 4.76. The Balaban J connectivity index is 2.60. The van der Waals surface area contributed by atoms with Crippen LogP contribution >= 0.6 is 0 Å². The largest absolute Gasteiger partial charge is 0.416 e. The first kappa shape index (κ1) is 13.3. The molecule has 94 valence electrons. The highest BCUT2D eigenvalue weighted by molar-refractivity contribution is 5.70. The van der Waals surface area contributed by atoms with Crippen molar-refractivity contribution in [1.29, 1.82) is 0 Å². The van der Waals surface area contributed by atoms with Crippen molar-refractivity contribution in [3.05, 3.63) is 29.8 Å². The molecule has 1 amide bonds. The Morgan fingerprint density at radius 1 is 1.29 bits per heavy atom. The first-order chi connectivity index (χ1) is 7.93. The molecule has 0 unspecified atom stereocenters. The van der Waals surface area contributed by atoms with E-state index in [0.717, 1.165) is 24.3 Å². The molecule has 1 rings (SSSR count). The molecule has 0 heterocycles. The Labute approximate surface area is 95.6 Å². The summed E-state index contributed by atoms with van der Waals surface area (Å²) >= 11 is 0. The minimum absolute atomic E-state index is 0.0347. The number of amides is 1. The summed E-state index contributed by atoms with van der Waals surface area (Å²) in [6.07, 6.45) is -5.16. The van der Waals surface area contributed by atoms with Gasteiger partial charge in [0, 0.05) is 13.1 Å². The summed E-state index contributed by atoms with van der Waals surface area (Å²) < 4.78 is 41.4. The zero-order valence-electron chi connectivity index (χ0n) is 8.75. The number of alkyl halides is 3. The smallest absolute Gasteiger partial charge is 0.410 e. The number of carbonyl (C=O) groups is 1. The molecular weight excluding hydrogens is 237 g/mol. The van der Waals surface area contributed by atoms with Crippen LogP contribution in [0, 0.1) is 0 Å². The van der Waals surface area contributed by atoms with Crippen LogP contribution in [-0.4, -0.2) is 19.2 Å². The lowest BCUT2D eigenvalue weighted by molar-refractivity contribution is -0.137. The van der Waals surface area contributed by atoms with E-state index in [1.165, 1.54) is 0 Å². The molecule has 1 aromatic rings. The minimum atomic E-state index is -4.40. The van der Waals surface area contributed by atoms with Crippen molar-refractivity contribution in [2.45, 2.75) is 6.18 Å². The van der Waals surface area contributed by atoms with Crippen molar-refractivity contribution in [2.24, 2.45) is 5.73 Å². The predicted molar refractivity (Wildman–Crippen MR) is 54.5 cm³/mol. The van der Waals surface area contributed by atoms with Gasteiger partial charge in [0.15, 0.2) is 0 Å². The fraction of sp³-hybridized carbons (Fsp3) is 0.300. The maximum absolute atomic E-state index is 12.2. The zero-order valence-corrected chi connectivity index (χ0v) is 8.75. The normalized spacial score (nSPS) is 11.1. The molecule has 3 N–H and O–H groups in total. The van der Waals surface area contributed by atoms with Crippen LogP contribution in [0.1, 0.15) is 5.56 Å². The number of benzene rings is 1. The second-order valence-corrected chi connectivity index (χ2v) is 3.13. The van der Waals surface area contributed by atoms with Gasteiger partial charge in [-0.2, -0.15) is 13.2 Å². The van der Waals surface area contributed by atoms with Gasteiger partial charge in [-0.3, -0.25) is 0 Å². The van der Waals surface area contributed by atoms with Crippen LogP contribution in [-0.2, 0) is 6.18 Å². The predicted octanol–water partition coefficient (Wildman–Crippen LogP) is 1.75. The molecule has 0 saturated carbocycles. The summed E-state index contributed by atoms with van der Waals surface area (Å²) in [6, 6.07) is 3.83. The van der Waals surface area contributed by atoms with Gasteiger partial charge >= 0.3 is 12.3 Å². The Kier molecular flexibility index (Phi) is 4.33. The number of halogens is 3. The van der Waals surface area contributed by atoms with Gasteiger partial charge in [0.25, 0.3) is 0 Å². The summed E-state index contributed by atoms with van der Waals surface area (Å²) in [5.41, 5.74) is 4.34. The van der Waals surface area contributed by atoms with E-state index in [1.807, 2.05) is 0 Å². The van der Waals surface area contributed by atoms with Crippen molar-refractivity contribution in [3.63, 3.8) is 0 Å². The zero-order chi connectivity index (χ0) is 12.9. The molecular formula is C10H11F3N2O2. The van der Waals surface area contributed by atoms with Gasteiger partial charge in [0.2, 0.25) is 0 Å². The van der Waals surface area contributed by atoms with Gasteiger partial charge in [-0.1, -0.05) is 0 Å². The lowest BCUT2D eigenvalue weighted by Gasteiger charge is -2.08. The molecule has 0 radical (unpaired) electrons. The van der Waals surface area contributed by atoms with E-state index in [9.17, 15) is 18.0 Å². The number of hydrogen-bond acceptors (Lipinski definition) is 3. The highest BCUT2D eigenvalue weighted by Crippen LogP contribution is 2.30. The van der Waals surface area contributed by atoms with Crippen LogP contribution in [0.15, 0.2) is 24.3 Å². The van der Waals surface area contributed by atoms with Crippen LogP contribution < -0.4 is 15.8 Å². The molecule has 0 atom stereocenters. The number of carbonyl (C=O) groups excluding carboxylic acids is 1. The average molecular weight is 248 g/mol. The quantitative estimate of drug-likeness (QED) is 0.856. The SMILES string of the molecule is NCCNC(=O)Oc1ccc(C(F)(F)F)cc1. The maximum Gasteiger partial charge on any atom is 0.416 e. The van der Waals surface area contributed by atoms with E-state index in [0.29, 0.717) is 0 Å². The lowest BCUT2D eigenvalue weighted by atomic mass is 10.2. The third kappa shape index (κ3) is 4.31. The number of nitrogens with one attached hydrogen (secondary N) is 1. The third-order valence-electron chi connectivity index (χ3n) is 1.81. The van der Waals surface area contributed by atoms with Crippen LogP contribution in [0.25, 0.3) is 0 Å². The molecule has 1 aromatic carbocycles. The van der Waals surface area contributed by atoms with Crippen molar-refractivity contribution >= 4 is 6.09 Å². The van der Waals surface area contributed by atoms with E-state index in [4.69, 9.17) is 10.5 Å².